The highest BCUT2D eigenvalue weighted by molar-refractivity contribution is 6.31. The summed E-state index contributed by atoms with van der Waals surface area (Å²) in [4.78, 5) is 37.5. The van der Waals surface area contributed by atoms with Gasteiger partial charge in [0.15, 0.2) is 0 Å². The zero-order valence-corrected chi connectivity index (χ0v) is 20.9. The van der Waals surface area contributed by atoms with Crippen molar-refractivity contribution >= 4 is 47.3 Å². The zero-order chi connectivity index (χ0) is 27.1. The number of nitrogens with one attached hydrogen (secondary N) is 1. The SMILES string of the molecule is O=C(N/N=C/c1ccc(OC(=O)c2ccc(Cl)cc2)cc1OC(=O)c1ccc(Cl)cc1)c1ccc(F)cc1. The number of halogens is 3. The molecule has 0 unspecified atom stereocenters. The van der Waals surface area contributed by atoms with Crippen molar-refractivity contribution in [3.63, 3.8) is 0 Å². The van der Waals surface area contributed by atoms with Crippen LogP contribution in [-0.4, -0.2) is 24.1 Å². The standard InChI is InChI=1S/C28H17Cl2FN2O5/c29-21-8-1-18(2-9-21)27(35)37-24-14-7-20(16-32-33-26(34)17-5-12-23(31)13-6-17)25(15-24)38-28(36)19-3-10-22(30)11-4-19/h1-16H,(H,33,34)/b32-16+. The van der Waals surface area contributed by atoms with Crippen molar-refractivity contribution in [2.24, 2.45) is 5.10 Å². The number of hydrazone groups is 1. The minimum absolute atomic E-state index is 0.00568. The third-order valence-corrected chi connectivity index (χ3v) is 5.54. The monoisotopic (exact) mass is 550 g/mol. The minimum Gasteiger partial charge on any atom is -0.423 e. The first-order valence-electron chi connectivity index (χ1n) is 11.0. The van der Waals surface area contributed by atoms with Gasteiger partial charge in [0.25, 0.3) is 5.91 Å². The maximum atomic E-state index is 13.1. The quantitative estimate of drug-likeness (QED) is 0.125. The van der Waals surface area contributed by atoms with Gasteiger partial charge < -0.3 is 9.47 Å². The van der Waals surface area contributed by atoms with Gasteiger partial charge in [-0.3, -0.25) is 4.79 Å². The summed E-state index contributed by atoms with van der Waals surface area (Å²) in [5.74, 6) is -2.30. The van der Waals surface area contributed by atoms with Crippen LogP contribution in [0.25, 0.3) is 0 Å². The van der Waals surface area contributed by atoms with Crippen LogP contribution < -0.4 is 14.9 Å². The first-order valence-corrected chi connectivity index (χ1v) is 11.7. The van der Waals surface area contributed by atoms with Gasteiger partial charge in [-0.05, 0) is 84.9 Å². The Balaban J connectivity index is 1.56. The van der Waals surface area contributed by atoms with Gasteiger partial charge >= 0.3 is 11.9 Å². The molecule has 0 saturated carbocycles. The Bertz CT molecular complexity index is 1510. The number of rotatable bonds is 7. The summed E-state index contributed by atoms with van der Waals surface area (Å²) in [5.41, 5.74) is 3.30. The zero-order valence-electron chi connectivity index (χ0n) is 19.4. The van der Waals surface area contributed by atoms with Crippen LogP contribution >= 0.6 is 23.2 Å². The highest BCUT2D eigenvalue weighted by atomic mass is 35.5. The smallest absolute Gasteiger partial charge is 0.343 e. The van der Waals surface area contributed by atoms with Crippen LogP contribution in [0.3, 0.4) is 0 Å². The summed E-state index contributed by atoms with van der Waals surface area (Å²) in [6.45, 7) is 0. The molecule has 0 aromatic heterocycles. The number of carbonyl (C=O) groups is 3. The lowest BCUT2D eigenvalue weighted by Crippen LogP contribution is -2.17. The predicted octanol–water partition coefficient (Wildman–Crippen LogP) is 6.33. The normalized spacial score (nSPS) is 10.7. The van der Waals surface area contributed by atoms with E-state index in [9.17, 15) is 18.8 Å². The lowest BCUT2D eigenvalue weighted by atomic mass is 10.2. The van der Waals surface area contributed by atoms with Gasteiger partial charge in [0.1, 0.15) is 17.3 Å². The van der Waals surface area contributed by atoms with E-state index in [0.717, 1.165) is 12.1 Å². The van der Waals surface area contributed by atoms with E-state index in [1.165, 1.54) is 72.9 Å². The van der Waals surface area contributed by atoms with Gasteiger partial charge in [-0.25, -0.2) is 19.4 Å². The lowest BCUT2D eigenvalue weighted by Gasteiger charge is -2.11. The number of hydrogen-bond acceptors (Lipinski definition) is 6. The number of amides is 1. The number of carbonyl (C=O) groups excluding carboxylic acids is 3. The number of benzene rings is 4. The maximum Gasteiger partial charge on any atom is 0.343 e. The summed E-state index contributed by atoms with van der Waals surface area (Å²) in [6.07, 6.45) is 1.25. The molecule has 1 N–H and O–H groups in total. The average molecular weight is 551 g/mol. The number of nitrogens with zero attached hydrogens (tertiary/aromatic N) is 1. The number of hydrogen-bond donors (Lipinski definition) is 1. The fourth-order valence-corrected chi connectivity index (χ4v) is 3.35. The third kappa shape index (κ3) is 7.03. The Kier molecular flexibility index (Phi) is 8.47. The Morgan fingerprint density at radius 2 is 1.24 bits per heavy atom. The minimum atomic E-state index is -0.701. The van der Waals surface area contributed by atoms with E-state index in [-0.39, 0.29) is 33.8 Å². The van der Waals surface area contributed by atoms with Crippen LogP contribution in [-0.2, 0) is 0 Å². The second kappa shape index (κ2) is 12.1. The maximum absolute atomic E-state index is 13.1. The van der Waals surface area contributed by atoms with Crippen molar-refractivity contribution in [1.29, 1.82) is 0 Å². The molecule has 4 rings (SSSR count). The molecule has 38 heavy (non-hydrogen) atoms. The van der Waals surface area contributed by atoms with E-state index in [2.05, 4.69) is 10.5 Å². The van der Waals surface area contributed by atoms with E-state index in [1.54, 1.807) is 12.1 Å². The average Bonchev–Trinajstić information content (AvgIpc) is 2.91. The summed E-state index contributed by atoms with van der Waals surface area (Å²) >= 11 is 11.7. The van der Waals surface area contributed by atoms with E-state index >= 15 is 0 Å². The first kappa shape index (κ1) is 26.5. The molecule has 4 aromatic carbocycles. The molecule has 0 bridgehead atoms. The highest BCUT2D eigenvalue weighted by Crippen LogP contribution is 2.26. The molecule has 0 aliphatic carbocycles. The van der Waals surface area contributed by atoms with E-state index < -0.39 is 23.7 Å². The molecule has 0 aliphatic rings. The highest BCUT2D eigenvalue weighted by Gasteiger charge is 2.15. The van der Waals surface area contributed by atoms with Gasteiger partial charge in [-0.1, -0.05) is 23.2 Å². The third-order valence-electron chi connectivity index (χ3n) is 5.03. The molecule has 4 aromatic rings. The Morgan fingerprint density at radius 3 is 1.82 bits per heavy atom. The predicted molar refractivity (Wildman–Crippen MR) is 141 cm³/mol. The molecular formula is C28H17Cl2FN2O5. The largest absolute Gasteiger partial charge is 0.423 e. The molecule has 1 amide bonds. The molecule has 0 fully saturated rings. The van der Waals surface area contributed by atoms with Crippen LogP contribution in [0.15, 0.2) is 96.1 Å². The van der Waals surface area contributed by atoms with Crippen molar-refractivity contribution in [3.8, 4) is 11.5 Å². The second-order valence-electron chi connectivity index (χ2n) is 7.70. The van der Waals surface area contributed by atoms with Crippen molar-refractivity contribution in [2.45, 2.75) is 0 Å². The molecule has 0 saturated heterocycles. The van der Waals surface area contributed by atoms with Gasteiger partial charge in [-0.15, -0.1) is 0 Å². The van der Waals surface area contributed by atoms with Crippen LogP contribution in [0.5, 0.6) is 11.5 Å². The van der Waals surface area contributed by atoms with Gasteiger partial charge in [-0.2, -0.15) is 5.10 Å². The van der Waals surface area contributed by atoms with Crippen LogP contribution in [0.1, 0.15) is 36.6 Å². The Hall–Kier alpha value is -4.53. The van der Waals surface area contributed by atoms with Crippen molar-refractivity contribution in [1.82, 2.24) is 5.43 Å². The summed E-state index contributed by atoms with van der Waals surface area (Å²) in [6, 6.07) is 21.4. The van der Waals surface area contributed by atoms with E-state index in [1.807, 2.05) is 0 Å². The fraction of sp³-hybridized carbons (Fsp3) is 0. The molecular weight excluding hydrogens is 534 g/mol. The first-order chi connectivity index (χ1) is 18.3. The van der Waals surface area contributed by atoms with Crippen LogP contribution in [0, 0.1) is 5.82 Å². The molecule has 10 heteroatoms. The van der Waals surface area contributed by atoms with Gasteiger partial charge in [0, 0.05) is 27.2 Å². The number of esters is 2. The molecule has 7 nitrogen and oxygen atoms in total. The topological polar surface area (TPSA) is 94.1 Å². The summed E-state index contributed by atoms with van der Waals surface area (Å²) < 4.78 is 24.0. The number of ether oxygens (including phenoxy) is 2. The second-order valence-corrected chi connectivity index (χ2v) is 8.57. The molecule has 190 valence electrons. The fourth-order valence-electron chi connectivity index (χ4n) is 3.10. The molecule has 0 aliphatic heterocycles. The van der Waals surface area contributed by atoms with E-state index in [0.29, 0.717) is 10.0 Å². The van der Waals surface area contributed by atoms with Crippen molar-refractivity contribution in [3.05, 3.63) is 129 Å². The van der Waals surface area contributed by atoms with Crippen LogP contribution in [0.2, 0.25) is 10.0 Å². The lowest BCUT2D eigenvalue weighted by molar-refractivity contribution is 0.0732. The van der Waals surface area contributed by atoms with Crippen molar-refractivity contribution < 1.29 is 28.2 Å². The summed E-state index contributed by atoms with van der Waals surface area (Å²) in [7, 11) is 0. The van der Waals surface area contributed by atoms with Crippen LogP contribution in [0.4, 0.5) is 4.39 Å². The van der Waals surface area contributed by atoms with E-state index in [4.69, 9.17) is 32.7 Å². The molecule has 0 spiro atoms. The summed E-state index contributed by atoms with van der Waals surface area (Å²) in [5, 5.41) is 4.80. The van der Waals surface area contributed by atoms with Crippen molar-refractivity contribution in [2.75, 3.05) is 0 Å². The Labute approximate surface area is 226 Å². The molecule has 0 radical (unpaired) electrons. The van der Waals surface area contributed by atoms with Gasteiger partial charge in [0.05, 0.1) is 17.3 Å². The molecule has 0 heterocycles. The Morgan fingerprint density at radius 1 is 0.711 bits per heavy atom. The van der Waals surface area contributed by atoms with Gasteiger partial charge in [0.2, 0.25) is 0 Å². The molecule has 0 atom stereocenters.